The van der Waals surface area contributed by atoms with Crippen LogP contribution < -0.4 is 0 Å². The van der Waals surface area contributed by atoms with Crippen LogP contribution >= 0.6 is 0 Å². The lowest BCUT2D eigenvalue weighted by atomic mass is 9.88. The van der Waals surface area contributed by atoms with E-state index in [0.29, 0.717) is 5.56 Å². The van der Waals surface area contributed by atoms with E-state index in [1.807, 2.05) is 37.3 Å². The number of hydrogen-bond acceptors (Lipinski definition) is 1. The molecular formula is C17H18F2O. The van der Waals surface area contributed by atoms with Crippen molar-refractivity contribution in [3.8, 4) is 0 Å². The first-order valence-electron chi connectivity index (χ1n) is 6.78. The average Bonchev–Trinajstić information content (AvgIpc) is 2.39. The van der Waals surface area contributed by atoms with Crippen molar-refractivity contribution in [3.05, 3.63) is 71.3 Å². The van der Waals surface area contributed by atoms with Gasteiger partial charge in [-0.15, -0.1) is 0 Å². The van der Waals surface area contributed by atoms with Gasteiger partial charge >= 0.3 is 0 Å². The molecule has 0 fully saturated rings. The van der Waals surface area contributed by atoms with Crippen LogP contribution in [0.25, 0.3) is 0 Å². The van der Waals surface area contributed by atoms with Crippen molar-refractivity contribution in [1.82, 2.24) is 0 Å². The number of aliphatic hydroxyl groups is 1. The maximum absolute atomic E-state index is 13.2. The first kappa shape index (κ1) is 14.7. The van der Waals surface area contributed by atoms with Gasteiger partial charge < -0.3 is 5.11 Å². The molecule has 0 aliphatic rings. The molecule has 0 radical (unpaired) electrons. The molecule has 0 heterocycles. The lowest BCUT2D eigenvalue weighted by molar-refractivity contribution is 0.140. The summed E-state index contributed by atoms with van der Waals surface area (Å²) >= 11 is 0. The minimum Gasteiger partial charge on any atom is -0.392 e. The first-order chi connectivity index (χ1) is 9.60. The highest BCUT2D eigenvalue weighted by Gasteiger charge is 2.20. The highest BCUT2D eigenvalue weighted by atomic mass is 19.1. The molecule has 0 aliphatic carbocycles. The molecule has 20 heavy (non-hydrogen) atoms. The molecule has 0 amide bonds. The minimum atomic E-state index is -0.663. The van der Waals surface area contributed by atoms with E-state index in [1.54, 1.807) is 0 Å². The van der Waals surface area contributed by atoms with Gasteiger partial charge in [-0.3, -0.25) is 0 Å². The number of halogens is 2. The summed E-state index contributed by atoms with van der Waals surface area (Å²) in [7, 11) is 0. The van der Waals surface area contributed by atoms with Crippen LogP contribution in [0, 0.1) is 11.6 Å². The molecule has 2 unspecified atom stereocenters. The van der Waals surface area contributed by atoms with E-state index in [9.17, 15) is 13.9 Å². The lowest BCUT2D eigenvalue weighted by Crippen LogP contribution is -2.20. The van der Waals surface area contributed by atoms with Gasteiger partial charge in [-0.05, 0) is 36.1 Å². The zero-order chi connectivity index (χ0) is 14.5. The van der Waals surface area contributed by atoms with E-state index in [1.165, 1.54) is 12.1 Å². The molecule has 106 valence electrons. The number of benzene rings is 2. The number of hydrogen-bond donors (Lipinski definition) is 1. The average molecular weight is 276 g/mol. The zero-order valence-corrected chi connectivity index (χ0v) is 11.4. The number of rotatable bonds is 5. The summed E-state index contributed by atoms with van der Waals surface area (Å²) in [6.45, 7) is 1.99. The maximum atomic E-state index is 13.2. The molecule has 1 nitrogen and oxygen atoms in total. The largest absolute Gasteiger partial charge is 0.392 e. The van der Waals surface area contributed by atoms with Gasteiger partial charge in [-0.25, -0.2) is 8.78 Å². The molecule has 2 aromatic carbocycles. The minimum absolute atomic E-state index is 0.0393. The Bertz CT molecular complexity index is 534. The predicted octanol–water partition coefficient (Wildman–Crippen LogP) is 4.06. The monoisotopic (exact) mass is 276 g/mol. The fraction of sp³-hybridized carbons (Fsp3) is 0.294. The normalized spacial score (nSPS) is 14.0. The van der Waals surface area contributed by atoms with Crippen LogP contribution in [0.4, 0.5) is 8.78 Å². The van der Waals surface area contributed by atoms with E-state index in [0.717, 1.165) is 18.1 Å². The molecule has 0 saturated carbocycles. The Labute approximate surface area is 117 Å². The zero-order valence-electron chi connectivity index (χ0n) is 11.4. The summed E-state index contributed by atoms with van der Waals surface area (Å²) in [6, 6.07) is 13.1. The molecular weight excluding hydrogens is 258 g/mol. The van der Waals surface area contributed by atoms with Crippen molar-refractivity contribution >= 4 is 0 Å². The van der Waals surface area contributed by atoms with E-state index in [-0.39, 0.29) is 12.3 Å². The van der Waals surface area contributed by atoms with Crippen molar-refractivity contribution < 1.29 is 13.9 Å². The van der Waals surface area contributed by atoms with Crippen molar-refractivity contribution in [1.29, 1.82) is 0 Å². The molecule has 0 bridgehead atoms. The molecule has 0 saturated heterocycles. The van der Waals surface area contributed by atoms with E-state index < -0.39 is 17.7 Å². The van der Waals surface area contributed by atoms with Crippen molar-refractivity contribution in [2.75, 3.05) is 0 Å². The molecule has 1 N–H and O–H groups in total. The standard InChI is InChI=1S/C17H18F2O/c1-2-16(13-6-4-3-5-7-13)17(20)10-12-8-14(18)11-15(19)9-12/h3-9,11,16-17,20H,2,10H2,1H3. The second kappa shape index (κ2) is 6.62. The molecule has 2 atom stereocenters. The van der Waals surface area contributed by atoms with Crippen LogP contribution in [0.15, 0.2) is 48.5 Å². The second-order valence-electron chi connectivity index (χ2n) is 4.97. The van der Waals surface area contributed by atoms with Crippen LogP contribution in [-0.2, 0) is 6.42 Å². The van der Waals surface area contributed by atoms with Crippen LogP contribution in [0.3, 0.4) is 0 Å². The van der Waals surface area contributed by atoms with Gasteiger partial charge in [-0.2, -0.15) is 0 Å². The van der Waals surface area contributed by atoms with Gasteiger partial charge in [0, 0.05) is 12.0 Å². The molecule has 0 aliphatic heterocycles. The van der Waals surface area contributed by atoms with Crippen LogP contribution in [-0.4, -0.2) is 11.2 Å². The van der Waals surface area contributed by atoms with Crippen molar-refractivity contribution in [3.63, 3.8) is 0 Å². The Balaban J connectivity index is 2.15. The third-order valence-electron chi connectivity index (χ3n) is 3.50. The lowest BCUT2D eigenvalue weighted by Gasteiger charge is -2.22. The summed E-state index contributed by atoms with van der Waals surface area (Å²) in [6.07, 6.45) is 0.342. The fourth-order valence-electron chi connectivity index (χ4n) is 2.54. The van der Waals surface area contributed by atoms with E-state index in [4.69, 9.17) is 0 Å². The third kappa shape index (κ3) is 3.64. The summed E-state index contributed by atoms with van der Waals surface area (Å²) < 4.78 is 26.3. The molecule has 0 spiro atoms. The highest BCUT2D eigenvalue weighted by molar-refractivity contribution is 5.23. The molecule has 0 aromatic heterocycles. The first-order valence-corrected chi connectivity index (χ1v) is 6.78. The highest BCUT2D eigenvalue weighted by Crippen LogP contribution is 2.25. The molecule has 2 aromatic rings. The quantitative estimate of drug-likeness (QED) is 0.873. The van der Waals surface area contributed by atoms with Crippen molar-refractivity contribution in [2.24, 2.45) is 0 Å². The van der Waals surface area contributed by atoms with Crippen LogP contribution in [0.2, 0.25) is 0 Å². The van der Waals surface area contributed by atoms with Crippen LogP contribution in [0.5, 0.6) is 0 Å². The summed E-state index contributed by atoms with van der Waals surface area (Å²) in [5.41, 5.74) is 1.52. The topological polar surface area (TPSA) is 20.2 Å². The molecule has 3 heteroatoms. The maximum Gasteiger partial charge on any atom is 0.126 e. The van der Waals surface area contributed by atoms with Gasteiger partial charge in [0.1, 0.15) is 11.6 Å². The van der Waals surface area contributed by atoms with Gasteiger partial charge in [0.2, 0.25) is 0 Å². The predicted molar refractivity (Wildman–Crippen MR) is 75.5 cm³/mol. The van der Waals surface area contributed by atoms with E-state index >= 15 is 0 Å². The fourth-order valence-corrected chi connectivity index (χ4v) is 2.54. The Hall–Kier alpha value is -1.74. The Kier molecular flexibility index (Phi) is 4.85. The Morgan fingerprint density at radius 1 is 1.00 bits per heavy atom. The second-order valence-corrected chi connectivity index (χ2v) is 4.97. The van der Waals surface area contributed by atoms with Gasteiger partial charge in [0.05, 0.1) is 6.10 Å². The van der Waals surface area contributed by atoms with Gasteiger partial charge in [-0.1, -0.05) is 37.3 Å². The van der Waals surface area contributed by atoms with Crippen LogP contribution in [0.1, 0.15) is 30.4 Å². The summed E-state index contributed by atoms with van der Waals surface area (Å²) in [4.78, 5) is 0. The number of aliphatic hydroxyl groups excluding tert-OH is 1. The summed E-state index contributed by atoms with van der Waals surface area (Å²) in [5.74, 6) is -1.26. The van der Waals surface area contributed by atoms with Gasteiger partial charge in [0.15, 0.2) is 0 Å². The van der Waals surface area contributed by atoms with Gasteiger partial charge in [0.25, 0.3) is 0 Å². The SMILES string of the molecule is CCC(c1ccccc1)C(O)Cc1cc(F)cc(F)c1. The van der Waals surface area contributed by atoms with E-state index in [2.05, 4.69) is 0 Å². The Morgan fingerprint density at radius 3 is 2.15 bits per heavy atom. The summed E-state index contributed by atoms with van der Waals surface area (Å²) in [5, 5.41) is 10.4. The third-order valence-corrected chi connectivity index (χ3v) is 3.50. The Morgan fingerprint density at radius 2 is 1.60 bits per heavy atom. The molecule has 2 rings (SSSR count). The smallest absolute Gasteiger partial charge is 0.126 e. The van der Waals surface area contributed by atoms with Crippen molar-refractivity contribution in [2.45, 2.75) is 31.8 Å².